The zero-order valence-corrected chi connectivity index (χ0v) is 16.2. The van der Waals surface area contributed by atoms with Gasteiger partial charge in [0.2, 0.25) is 0 Å². The average molecular weight is 339 g/mol. The number of allylic oxidation sites excluding steroid dienone is 1. The molecule has 3 atom stereocenters. The Kier molecular flexibility index (Phi) is 5.66. The second-order valence-corrected chi connectivity index (χ2v) is 11.7. The Balaban J connectivity index is 2.20. The van der Waals surface area contributed by atoms with Crippen LogP contribution < -0.4 is 0 Å². The van der Waals surface area contributed by atoms with Crippen molar-refractivity contribution < 1.29 is 18.7 Å². The SMILES string of the molecule is CC[Si](CC)(CC)O[C@@H]1C=C(/C=C/C(C)(C)OC)C(=O)[C@H]2O[C@H]21. The number of ether oxygens (including phenoxy) is 2. The number of carbonyl (C=O) groups excluding carboxylic acids is 1. The molecule has 0 radical (unpaired) electrons. The summed E-state index contributed by atoms with van der Waals surface area (Å²) < 4.78 is 17.5. The molecule has 130 valence electrons. The molecule has 0 unspecified atom stereocenters. The number of rotatable bonds is 8. The molecule has 1 aliphatic heterocycles. The van der Waals surface area contributed by atoms with Crippen LogP contribution in [0.1, 0.15) is 34.6 Å². The van der Waals surface area contributed by atoms with Gasteiger partial charge in [-0.3, -0.25) is 4.79 Å². The predicted octanol–water partition coefficient (Wildman–Crippen LogP) is 3.63. The number of methoxy groups -OCH3 is 1. The first kappa shape index (κ1) is 18.6. The van der Waals surface area contributed by atoms with Crippen LogP contribution >= 0.6 is 0 Å². The highest BCUT2D eigenvalue weighted by atomic mass is 28.4. The lowest BCUT2D eigenvalue weighted by molar-refractivity contribution is -0.116. The first-order valence-electron chi connectivity index (χ1n) is 8.65. The van der Waals surface area contributed by atoms with Crippen molar-refractivity contribution in [1.29, 1.82) is 0 Å². The van der Waals surface area contributed by atoms with Crippen molar-refractivity contribution in [3.05, 3.63) is 23.8 Å². The van der Waals surface area contributed by atoms with Gasteiger partial charge in [-0.15, -0.1) is 0 Å². The fraction of sp³-hybridized carbons (Fsp3) is 0.722. The number of carbonyl (C=O) groups is 1. The van der Waals surface area contributed by atoms with E-state index in [2.05, 4.69) is 20.8 Å². The van der Waals surface area contributed by atoms with Crippen LogP contribution in [0.3, 0.4) is 0 Å². The van der Waals surface area contributed by atoms with Gasteiger partial charge in [-0.2, -0.15) is 0 Å². The summed E-state index contributed by atoms with van der Waals surface area (Å²) in [7, 11) is -0.0589. The van der Waals surface area contributed by atoms with Crippen molar-refractivity contribution in [2.75, 3.05) is 7.11 Å². The van der Waals surface area contributed by atoms with Crippen molar-refractivity contribution >= 4 is 14.1 Å². The predicted molar refractivity (Wildman–Crippen MR) is 94.0 cm³/mol. The standard InChI is InChI=1S/C18H30O4Si/c1-7-23(8-2,9-3)22-14-12-13(10-11-18(4,5)20-6)15(19)17-16(14)21-17/h10-12,14,16-17H,7-9H2,1-6H3/b11-10+/t14-,16+,17-/m1/s1. The maximum absolute atomic E-state index is 12.4. The lowest BCUT2D eigenvalue weighted by Crippen LogP contribution is -2.43. The first-order chi connectivity index (χ1) is 10.8. The van der Waals surface area contributed by atoms with E-state index in [1.807, 2.05) is 32.1 Å². The van der Waals surface area contributed by atoms with E-state index < -0.39 is 13.9 Å². The van der Waals surface area contributed by atoms with Crippen LogP contribution in [0.4, 0.5) is 0 Å². The molecule has 1 heterocycles. The van der Waals surface area contributed by atoms with E-state index in [4.69, 9.17) is 13.9 Å². The van der Waals surface area contributed by atoms with E-state index in [9.17, 15) is 4.79 Å². The Labute approximate surface area is 141 Å². The van der Waals surface area contributed by atoms with Gasteiger partial charge in [-0.25, -0.2) is 0 Å². The number of hydrogen-bond donors (Lipinski definition) is 0. The van der Waals surface area contributed by atoms with Crippen molar-refractivity contribution in [3.63, 3.8) is 0 Å². The van der Waals surface area contributed by atoms with Crippen molar-refractivity contribution in [2.24, 2.45) is 0 Å². The molecule has 0 aromatic heterocycles. The Bertz CT molecular complexity index is 497. The van der Waals surface area contributed by atoms with Crippen LogP contribution in [0.25, 0.3) is 0 Å². The summed E-state index contributed by atoms with van der Waals surface area (Å²) in [5.74, 6) is 0.0646. The zero-order valence-electron chi connectivity index (χ0n) is 15.2. The molecule has 2 rings (SSSR count). The highest BCUT2D eigenvalue weighted by Gasteiger charge is 2.54. The molecule has 0 aromatic rings. The number of epoxide rings is 1. The molecule has 1 fully saturated rings. The minimum Gasteiger partial charge on any atom is -0.408 e. The number of Topliss-reactive ketones (excluding diaryl/α,β-unsaturated/α-hetero) is 1. The molecule has 5 heteroatoms. The highest BCUT2D eigenvalue weighted by molar-refractivity contribution is 6.73. The van der Waals surface area contributed by atoms with Crippen molar-refractivity contribution in [3.8, 4) is 0 Å². The van der Waals surface area contributed by atoms with Crippen molar-refractivity contribution in [1.82, 2.24) is 0 Å². The van der Waals surface area contributed by atoms with Gasteiger partial charge in [-0.1, -0.05) is 32.9 Å². The molecular formula is C18H30O4Si. The van der Waals surface area contributed by atoms with Gasteiger partial charge in [0.1, 0.15) is 12.2 Å². The summed E-state index contributed by atoms with van der Waals surface area (Å²) in [5.41, 5.74) is 0.290. The van der Waals surface area contributed by atoms with Gasteiger partial charge in [0.25, 0.3) is 0 Å². The maximum Gasteiger partial charge on any atom is 0.194 e. The van der Waals surface area contributed by atoms with E-state index in [1.165, 1.54) is 0 Å². The van der Waals surface area contributed by atoms with Crippen LogP contribution in [0.5, 0.6) is 0 Å². The third kappa shape index (κ3) is 4.02. The average Bonchev–Trinajstić information content (AvgIpc) is 3.35. The zero-order chi connectivity index (χ0) is 17.3. The van der Waals surface area contributed by atoms with Gasteiger partial charge in [0.15, 0.2) is 14.1 Å². The molecule has 0 amide bonds. The topological polar surface area (TPSA) is 48.1 Å². The molecular weight excluding hydrogens is 308 g/mol. The smallest absolute Gasteiger partial charge is 0.194 e. The van der Waals surface area contributed by atoms with Crippen LogP contribution in [0, 0.1) is 0 Å². The first-order valence-corrected chi connectivity index (χ1v) is 11.2. The largest absolute Gasteiger partial charge is 0.408 e. The number of fused-ring (bicyclic) bond motifs is 1. The van der Waals surface area contributed by atoms with Gasteiger partial charge in [0.05, 0.1) is 11.7 Å². The van der Waals surface area contributed by atoms with E-state index in [-0.39, 0.29) is 24.1 Å². The molecule has 4 nitrogen and oxygen atoms in total. The third-order valence-electron chi connectivity index (χ3n) is 5.25. The van der Waals surface area contributed by atoms with Gasteiger partial charge in [0, 0.05) is 12.7 Å². The molecule has 1 aliphatic carbocycles. The second kappa shape index (κ2) is 7.01. The minimum absolute atomic E-state index is 0.0646. The van der Waals surface area contributed by atoms with Gasteiger partial charge in [-0.05, 0) is 38.1 Å². The van der Waals surface area contributed by atoms with Crippen LogP contribution in [0.15, 0.2) is 23.8 Å². The summed E-state index contributed by atoms with van der Waals surface area (Å²) >= 11 is 0. The molecule has 0 saturated carbocycles. The Morgan fingerprint density at radius 1 is 1.26 bits per heavy atom. The Hall–Kier alpha value is -0.753. The van der Waals surface area contributed by atoms with Gasteiger partial charge < -0.3 is 13.9 Å². The Morgan fingerprint density at radius 3 is 2.39 bits per heavy atom. The van der Waals surface area contributed by atoms with Crippen LogP contribution in [0.2, 0.25) is 18.1 Å². The summed E-state index contributed by atoms with van der Waals surface area (Å²) in [5, 5.41) is 0. The Morgan fingerprint density at radius 2 is 1.87 bits per heavy atom. The summed E-state index contributed by atoms with van der Waals surface area (Å²) in [4.78, 5) is 12.4. The second-order valence-electron chi connectivity index (χ2n) is 6.97. The van der Waals surface area contributed by atoms with Crippen LogP contribution in [-0.4, -0.2) is 45.1 Å². The van der Waals surface area contributed by atoms with E-state index in [0.717, 1.165) is 18.1 Å². The highest BCUT2D eigenvalue weighted by Crippen LogP contribution is 2.38. The van der Waals surface area contributed by atoms with E-state index in [0.29, 0.717) is 5.57 Å². The summed E-state index contributed by atoms with van der Waals surface area (Å²) in [6, 6.07) is 3.28. The summed E-state index contributed by atoms with van der Waals surface area (Å²) in [6.45, 7) is 10.6. The summed E-state index contributed by atoms with van der Waals surface area (Å²) in [6.07, 6.45) is 5.25. The number of hydrogen-bond acceptors (Lipinski definition) is 4. The normalized spacial score (nSPS) is 28.0. The number of ketones is 1. The molecule has 0 aromatic carbocycles. The third-order valence-corrected chi connectivity index (χ3v) is 9.88. The fourth-order valence-electron chi connectivity index (χ4n) is 2.99. The fourth-order valence-corrected chi connectivity index (χ4v) is 5.77. The molecule has 0 bridgehead atoms. The minimum atomic E-state index is -1.72. The molecule has 0 spiro atoms. The molecule has 23 heavy (non-hydrogen) atoms. The molecule has 0 N–H and O–H groups in total. The monoisotopic (exact) mass is 338 g/mol. The lowest BCUT2D eigenvalue weighted by Gasteiger charge is -2.32. The van der Waals surface area contributed by atoms with E-state index in [1.54, 1.807) is 7.11 Å². The van der Waals surface area contributed by atoms with Crippen molar-refractivity contribution in [2.45, 2.75) is 76.7 Å². The lowest BCUT2D eigenvalue weighted by atomic mass is 9.94. The molecule has 2 aliphatic rings. The maximum atomic E-state index is 12.4. The van der Waals surface area contributed by atoms with Gasteiger partial charge >= 0.3 is 0 Å². The van der Waals surface area contributed by atoms with Crippen LogP contribution in [-0.2, 0) is 18.7 Å². The molecule has 1 saturated heterocycles. The van der Waals surface area contributed by atoms with E-state index >= 15 is 0 Å². The quantitative estimate of drug-likeness (QED) is 0.501.